The second-order valence-electron chi connectivity index (χ2n) is 5.66. The quantitative estimate of drug-likeness (QED) is 0.761. The van der Waals surface area contributed by atoms with Crippen LogP contribution in [0.5, 0.6) is 0 Å². The summed E-state index contributed by atoms with van der Waals surface area (Å²) >= 11 is 0. The van der Waals surface area contributed by atoms with Gasteiger partial charge in [0.05, 0.1) is 0 Å². The van der Waals surface area contributed by atoms with Crippen LogP contribution >= 0.6 is 0 Å². The third-order valence-corrected chi connectivity index (χ3v) is 3.92. The molecule has 0 aliphatic rings. The summed E-state index contributed by atoms with van der Waals surface area (Å²) in [5.74, 6) is 1.14. The summed E-state index contributed by atoms with van der Waals surface area (Å²) in [6.07, 6.45) is 3.09. The highest BCUT2D eigenvalue weighted by Gasteiger charge is 2.11. The summed E-state index contributed by atoms with van der Waals surface area (Å²) in [6, 6.07) is 15.9. The van der Waals surface area contributed by atoms with Crippen molar-refractivity contribution in [2.24, 2.45) is 0 Å². The monoisotopic (exact) mass is 308 g/mol. The predicted molar refractivity (Wildman–Crippen MR) is 89.2 cm³/mol. The van der Waals surface area contributed by atoms with E-state index in [1.807, 2.05) is 47.0 Å². The fraction of sp³-hybridized carbons (Fsp3) is 0.278. The Hall–Kier alpha value is -2.69. The Morgan fingerprint density at radius 2 is 1.91 bits per heavy atom. The van der Waals surface area contributed by atoms with Crippen molar-refractivity contribution in [2.45, 2.75) is 25.7 Å². The third-order valence-electron chi connectivity index (χ3n) is 3.92. The van der Waals surface area contributed by atoms with Crippen molar-refractivity contribution in [2.75, 3.05) is 6.54 Å². The maximum atomic E-state index is 12.1. The molecule has 0 fully saturated rings. The number of carbonyl (C=O) groups is 1. The highest BCUT2D eigenvalue weighted by atomic mass is 16.1. The number of carbonyl (C=O) groups excluding carboxylic acids is 1. The van der Waals surface area contributed by atoms with Crippen molar-refractivity contribution in [1.29, 1.82) is 0 Å². The van der Waals surface area contributed by atoms with E-state index in [1.165, 1.54) is 5.56 Å². The van der Waals surface area contributed by atoms with Crippen LogP contribution in [-0.4, -0.2) is 27.0 Å². The van der Waals surface area contributed by atoms with Gasteiger partial charge in [0.25, 0.3) is 0 Å². The molecule has 5 heteroatoms. The zero-order valence-electron chi connectivity index (χ0n) is 13.1. The van der Waals surface area contributed by atoms with Gasteiger partial charge < -0.3 is 5.32 Å². The van der Waals surface area contributed by atoms with Crippen LogP contribution in [-0.2, 0) is 11.2 Å². The lowest BCUT2D eigenvalue weighted by atomic mass is 9.97. The molecule has 3 aromatic rings. The van der Waals surface area contributed by atoms with Crippen molar-refractivity contribution < 1.29 is 4.79 Å². The fourth-order valence-corrected chi connectivity index (χ4v) is 2.62. The Bertz CT molecular complexity index is 782. The normalized spacial score (nSPS) is 12.2. The van der Waals surface area contributed by atoms with Gasteiger partial charge in [0.2, 0.25) is 5.91 Å². The number of nitrogens with one attached hydrogen (secondary N) is 1. The van der Waals surface area contributed by atoms with Crippen LogP contribution < -0.4 is 5.32 Å². The highest BCUT2D eigenvalue weighted by molar-refractivity contribution is 5.76. The number of hydrogen-bond acceptors (Lipinski definition) is 3. The van der Waals surface area contributed by atoms with Crippen LogP contribution in [0.2, 0.25) is 0 Å². The molecule has 1 aromatic carbocycles. The Balaban J connectivity index is 1.50. The molecule has 1 atom stereocenters. The molecule has 0 aliphatic heterocycles. The van der Waals surface area contributed by atoms with E-state index >= 15 is 0 Å². The molecule has 2 aromatic heterocycles. The van der Waals surface area contributed by atoms with E-state index < -0.39 is 0 Å². The first-order valence-corrected chi connectivity index (χ1v) is 7.84. The maximum absolute atomic E-state index is 12.1. The van der Waals surface area contributed by atoms with E-state index in [1.54, 1.807) is 0 Å². The first kappa shape index (κ1) is 15.2. The minimum absolute atomic E-state index is 0.0650. The molecule has 1 amide bonds. The Kier molecular flexibility index (Phi) is 4.66. The lowest BCUT2D eigenvalue weighted by Crippen LogP contribution is -2.27. The number of pyridine rings is 1. The van der Waals surface area contributed by atoms with Gasteiger partial charge >= 0.3 is 0 Å². The van der Waals surface area contributed by atoms with Crippen LogP contribution in [0.3, 0.4) is 0 Å². The maximum Gasteiger partial charge on any atom is 0.220 e. The Morgan fingerprint density at radius 1 is 1.13 bits per heavy atom. The number of amides is 1. The molecule has 1 unspecified atom stereocenters. The van der Waals surface area contributed by atoms with Gasteiger partial charge in [-0.05, 0) is 23.6 Å². The topological polar surface area (TPSA) is 59.3 Å². The van der Waals surface area contributed by atoms with E-state index in [-0.39, 0.29) is 11.8 Å². The van der Waals surface area contributed by atoms with E-state index in [4.69, 9.17) is 0 Å². The van der Waals surface area contributed by atoms with Crippen molar-refractivity contribution in [3.8, 4) is 0 Å². The average molecular weight is 308 g/mol. The number of nitrogens with zero attached hydrogens (tertiary/aromatic N) is 3. The molecule has 0 radical (unpaired) electrons. The highest BCUT2D eigenvalue weighted by Crippen LogP contribution is 2.17. The summed E-state index contributed by atoms with van der Waals surface area (Å²) in [5, 5.41) is 11.2. The molecule has 0 spiro atoms. The molecule has 5 nitrogen and oxygen atoms in total. The van der Waals surface area contributed by atoms with Crippen LogP contribution in [0.15, 0.2) is 54.7 Å². The zero-order valence-corrected chi connectivity index (χ0v) is 13.1. The predicted octanol–water partition coefficient (Wildman–Crippen LogP) is 2.58. The van der Waals surface area contributed by atoms with Gasteiger partial charge in [0.15, 0.2) is 5.65 Å². The van der Waals surface area contributed by atoms with Crippen LogP contribution in [0.4, 0.5) is 0 Å². The number of benzene rings is 1. The second kappa shape index (κ2) is 7.05. The van der Waals surface area contributed by atoms with Gasteiger partial charge in [-0.25, -0.2) is 0 Å². The zero-order chi connectivity index (χ0) is 16.1. The van der Waals surface area contributed by atoms with E-state index in [0.29, 0.717) is 19.4 Å². The number of aromatic nitrogens is 3. The molecule has 118 valence electrons. The minimum atomic E-state index is 0.0650. The molecule has 0 bridgehead atoms. The first-order chi connectivity index (χ1) is 11.2. The van der Waals surface area contributed by atoms with Gasteiger partial charge in [0, 0.05) is 25.6 Å². The van der Waals surface area contributed by atoms with Gasteiger partial charge in [0.1, 0.15) is 5.82 Å². The van der Waals surface area contributed by atoms with Crippen LogP contribution in [0.25, 0.3) is 5.65 Å². The Morgan fingerprint density at radius 3 is 2.74 bits per heavy atom. The molecule has 1 N–H and O–H groups in total. The van der Waals surface area contributed by atoms with Gasteiger partial charge in [-0.2, -0.15) is 0 Å². The van der Waals surface area contributed by atoms with E-state index in [0.717, 1.165) is 11.5 Å². The Labute approximate surface area is 135 Å². The average Bonchev–Trinajstić information content (AvgIpc) is 2.99. The summed E-state index contributed by atoms with van der Waals surface area (Å²) in [4.78, 5) is 12.1. The molecular weight excluding hydrogens is 288 g/mol. The van der Waals surface area contributed by atoms with Crippen LogP contribution in [0, 0.1) is 0 Å². The fourth-order valence-electron chi connectivity index (χ4n) is 2.62. The van der Waals surface area contributed by atoms with Gasteiger partial charge in [-0.1, -0.05) is 43.3 Å². The first-order valence-electron chi connectivity index (χ1n) is 7.84. The largest absolute Gasteiger partial charge is 0.356 e. The molecular formula is C18H20N4O. The lowest BCUT2D eigenvalue weighted by molar-refractivity contribution is -0.121. The van der Waals surface area contributed by atoms with Crippen LogP contribution in [0.1, 0.15) is 30.7 Å². The summed E-state index contributed by atoms with van der Waals surface area (Å²) in [6.45, 7) is 2.64. The van der Waals surface area contributed by atoms with E-state index in [2.05, 4.69) is 34.6 Å². The van der Waals surface area contributed by atoms with E-state index in [9.17, 15) is 4.79 Å². The van der Waals surface area contributed by atoms with Gasteiger partial charge in [-0.3, -0.25) is 9.20 Å². The molecule has 2 heterocycles. The third kappa shape index (κ3) is 3.74. The SMILES string of the molecule is CC(CC(=O)NCCc1nnc2ccccn12)c1ccccc1. The van der Waals surface area contributed by atoms with Gasteiger partial charge in [-0.15, -0.1) is 10.2 Å². The standard InChI is InChI=1S/C18H20N4O/c1-14(15-7-3-2-4-8-15)13-18(23)19-11-10-17-21-20-16-9-5-6-12-22(16)17/h2-9,12,14H,10-11,13H2,1H3,(H,19,23). The summed E-state index contributed by atoms with van der Waals surface area (Å²) in [7, 11) is 0. The lowest BCUT2D eigenvalue weighted by Gasteiger charge is -2.11. The second-order valence-corrected chi connectivity index (χ2v) is 5.66. The molecule has 23 heavy (non-hydrogen) atoms. The van der Waals surface area contributed by atoms with Crippen molar-refractivity contribution in [3.05, 3.63) is 66.1 Å². The summed E-state index contributed by atoms with van der Waals surface area (Å²) in [5.41, 5.74) is 2.01. The van der Waals surface area contributed by atoms with Crippen molar-refractivity contribution in [3.63, 3.8) is 0 Å². The van der Waals surface area contributed by atoms with Crippen molar-refractivity contribution in [1.82, 2.24) is 19.9 Å². The molecule has 0 aliphatic carbocycles. The molecule has 3 rings (SSSR count). The minimum Gasteiger partial charge on any atom is -0.356 e. The van der Waals surface area contributed by atoms with Crippen molar-refractivity contribution >= 4 is 11.6 Å². The smallest absolute Gasteiger partial charge is 0.220 e. The number of hydrogen-bond donors (Lipinski definition) is 1. The number of fused-ring (bicyclic) bond motifs is 1. The molecule has 0 saturated heterocycles. The summed E-state index contributed by atoms with van der Waals surface area (Å²) < 4.78 is 1.94. The number of rotatable bonds is 6. The molecule has 0 saturated carbocycles.